The molecule has 0 saturated heterocycles. The van der Waals surface area contributed by atoms with Gasteiger partial charge in [-0.25, -0.2) is 0 Å². The average molecular weight is 217 g/mol. The van der Waals surface area contributed by atoms with Crippen molar-refractivity contribution in [3.8, 4) is 0 Å². The van der Waals surface area contributed by atoms with Crippen molar-refractivity contribution in [1.82, 2.24) is 5.32 Å². The van der Waals surface area contributed by atoms with Gasteiger partial charge in [0.15, 0.2) is 0 Å². The Morgan fingerprint density at radius 1 is 1.33 bits per heavy atom. The molecule has 0 aromatic heterocycles. The van der Waals surface area contributed by atoms with Gasteiger partial charge in [-0.15, -0.1) is 0 Å². The van der Waals surface area contributed by atoms with Crippen molar-refractivity contribution in [3.63, 3.8) is 0 Å². The average Bonchev–Trinajstić information content (AvgIpc) is 2.14. The number of hydrogen-bond acceptors (Lipinski definition) is 3. The van der Waals surface area contributed by atoms with Crippen molar-refractivity contribution in [2.75, 3.05) is 13.2 Å². The Kier molecular flexibility index (Phi) is 8.33. The summed E-state index contributed by atoms with van der Waals surface area (Å²) in [6.45, 7) is 5.17. The van der Waals surface area contributed by atoms with Crippen LogP contribution < -0.4 is 5.32 Å². The standard InChI is InChI=1S/C11H23NO3/c1-9(2)7-10(8-13)12-6-4-3-5-11(14)15/h9-10,12-13H,3-8H2,1-2H3,(H,14,15). The van der Waals surface area contributed by atoms with E-state index in [9.17, 15) is 4.79 Å². The molecule has 0 bridgehead atoms. The van der Waals surface area contributed by atoms with Crippen LogP contribution in [-0.4, -0.2) is 35.4 Å². The third kappa shape index (κ3) is 9.69. The molecular formula is C11H23NO3. The number of carboxylic acids is 1. The Balaban J connectivity index is 3.42. The third-order valence-corrected chi connectivity index (χ3v) is 2.23. The smallest absolute Gasteiger partial charge is 0.303 e. The third-order valence-electron chi connectivity index (χ3n) is 2.23. The quantitative estimate of drug-likeness (QED) is 0.508. The van der Waals surface area contributed by atoms with Crippen LogP contribution in [0, 0.1) is 5.92 Å². The Bertz CT molecular complexity index is 171. The minimum atomic E-state index is -0.740. The lowest BCUT2D eigenvalue weighted by atomic mass is 10.0. The second kappa shape index (κ2) is 8.68. The first-order valence-electron chi connectivity index (χ1n) is 5.62. The number of hydrogen-bond donors (Lipinski definition) is 3. The number of nitrogens with one attached hydrogen (secondary N) is 1. The maximum atomic E-state index is 10.2. The number of rotatable bonds is 9. The van der Waals surface area contributed by atoms with E-state index in [2.05, 4.69) is 19.2 Å². The van der Waals surface area contributed by atoms with Gasteiger partial charge in [-0.05, 0) is 31.7 Å². The van der Waals surface area contributed by atoms with E-state index in [-0.39, 0.29) is 19.1 Å². The summed E-state index contributed by atoms with van der Waals surface area (Å²) in [5.74, 6) is -0.176. The molecule has 4 heteroatoms. The highest BCUT2D eigenvalue weighted by atomic mass is 16.4. The molecule has 0 aliphatic carbocycles. The zero-order valence-electron chi connectivity index (χ0n) is 9.70. The molecule has 1 unspecified atom stereocenters. The molecule has 0 radical (unpaired) electrons. The first-order valence-corrected chi connectivity index (χ1v) is 5.62. The lowest BCUT2D eigenvalue weighted by Gasteiger charge is -2.17. The van der Waals surface area contributed by atoms with Gasteiger partial charge in [-0.3, -0.25) is 4.79 Å². The summed E-state index contributed by atoms with van der Waals surface area (Å²) in [4.78, 5) is 10.2. The van der Waals surface area contributed by atoms with Crippen LogP contribution in [0.3, 0.4) is 0 Å². The second-order valence-electron chi connectivity index (χ2n) is 4.31. The summed E-state index contributed by atoms with van der Waals surface area (Å²) in [7, 11) is 0. The molecule has 0 spiro atoms. The molecule has 4 nitrogen and oxygen atoms in total. The fourth-order valence-corrected chi connectivity index (χ4v) is 1.50. The molecule has 90 valence electrons. The van der Waals surface area contributed by atoms with Gasteiger partial charge in [-0.2, -0.15) is 0 Å². The SMILES string of the molecule is CC(C)CC(CO)NCCCCC(=O)O. The summed E-state index contributed by atoms with van der Waals surface area (Å²) >= 11 is 0. The molecule has 0 rings (SSSR count). The largest absolute Gasteiger partial charge is 0.481 e. The van der Waals surface area contributed by atoms with Crippen molar-refractivity contribution in [2.24, 2.45) is 5.92 Å². The van der Waals surface area contributed by atoms with Crippen LogP contribution in [-0.2, 0) is 4.79 Å². The van der Waals surface area contributed by atoms with E-state index in [1.54, 1.807) is 0 Å². The predicted molar refractivity (Wildman–Crippen MR) is 59.8 cm³/mol. The van der Waals surface area contributed by atoms with Crippen LogP contribution in [0.25, 0.3) is 0 Å². The number of carboxylic acid groups (broad SMARTS) is 1. The Hall–Kier alpha value is -0.610. The summed E-state index contributed by atoms with van der Waals surface area (Å²) in [6.07, 6.45) is 2.73. The molecule has 0 aliphatic rings. The maximum Gasteiger partial charge on any atom is 0.303 e. The van der Waals surface area contributed by atoms with Crippen molar-refractivity contribution in [2.45, 2.75) is 45.6 Å². The molecule has 0 aromatic carbocycles. The van der Waals surface area contributed by atoms with Crippen molar-refractivity contribution in [3.05, 3.63) is 0 Å². The molecular weight excluding hydrogens is 194 g/mol. The first-order chi connectivity index (χ1) is 7.06. The van der Waals surface area contributed by atoms with Crippen molar-refractivity contribution >= 4 is 5.97 Å². The fraction of sp³-hybridized carbons (Fsp3) is 0.909. The van der Waals surface area contributed by atoms with E-state index in [1.165, 1.54) is 0 Å². The highest BCUT2D eigenvalue weighted by molar-refractivity contribution is 5.66. The van der Waals surface area contributed by atoms with Crippen molar-refractivity contribution < 1.29 is 15.0 Å². The van der Waals surface area contributed by atoms with E-state index in [0.29, 0.717) is 12.3 Å². The Labute approximate surface area is 91.7 Å². The molecule has 3 N–H and O–H groups in total. The molecule has 15 heavy (non-hydrogen) atoms. The van der Waals surface area contributed by atoms with Gasteiger partial charge in [-0.1, -0.05) is 13.8 Å². The molecule has 0 heterocycles. The number of aliphatic hydroxyl groups is 1. The highest BCUT2D eigenvalue weighted by Gasteiger charge is 2.08. The van der Waals surface area contributed by atoms with Crippen LogP contribution in [0.15, 0.2) is 0 Å². The molecule has 0 aliphatic heterocycles. The zero-order valence-corrected chi connectivity index (χ0v) is 9.70. The molecule has 0 saturated carbocycles. The van der Waals surface area contributed by atoms with E-state index in [4.69, 9.17) is 10.2 Å². The van der Waals surface area contributed by atoms with E-state index >= 15 is 0 Å². The van der Waals surface area contributed by atoms with Crippen LogP contribution in [0.5, 0.6) is 0 Å². The van der Waals surface area contributed by atoms with Gasteiger partial charge in [0.25, 0.3) is 0 Å². The number of carbonyl (C=O) groups is 1. The van der Waals surface area contributed by atoms with E-state index in [1.807, 2.05) is 0 Å². The lowest BCUT2D eigenvalue weighted by molar-refractivity contribution is -0.137. The molecule has 0 aromatic rings. The topological polar surface area (TPSA) is 69.6 Å². The van der Waals surface area contributed by atoms with Crippen LogP contribution >= 0.6 is 0 Å². The van der Waals surface area contributed by atoms with Crippen LogP contribution in [0.2, 0.25) is 0 Å². The monoisotopic (exact) mass is 217 g/mol. The van der Waals surface area contributed by atoms with Crippen molar-refractivity contribution in [1.29, 1.82) is 0 Å². The van der Waals surface area contributed by atoms with Gasteiger partial charge >= 0.3 is 5.97 Å². The minimum absolute atomic E-state index is 0.148. The van der Waals surface area contributed by atoms with Gasteiger partial charge in [0.05, 0.1) is 6.61 Å². The van der Waals surface area contributed by atoms with Crippen LogP contribution in [0.1, 0.15) is 39.5 Å². The Morgan fingerprint density at radius 2 is 2.00 bits per heavy atom. The summed E-state index contributed by atoms with van der Waals surface area (Å²) < 4.78 is 0. The summed E-state index contributed by atoms with van der Waals surface area (Å²) in [5, 5.41) is 20.7. The van der Waals surface area contributed by atoms with Gasteiger partial charge in [0, 0.05) is 12.5 Å². The highest BCUT2D eigenvalue weighted by Crippen LogP contribution is 2.04. The summed E-state index contributed by atoms with van der Waals surface area (Å²) in [5.41, 5.74) is 0. The maximum absolute atomic E-state index is 10.2. The number of aliphatic hydroxyl groups excluding tert-OH is 1. The summed E-state index contributed by atoms with van der Waals surface area (Å²) in [6, 6.07) is 0.148. The first kappa shape index (κ1) is 14.4. The zero-order chi connectivity index (χ0) is 11.7. The van der Waals surface area contributed by atoms with E-state index < -0.39 is 5.97 Å². The van der Waals surface area contributed by atoms with Crippen LogP contribution in [0.4, 0.5) is 0 Å². The second-order valence-corrected chi connectivity index (χ2v) is 4.31. The number of unbranched alkanes of at least 4 members (excludes halogenated alkanes) is 1. The molecule has 0 fully saturated rings. The van der Waals surface area contributed by atoms with Gasteiger partial charge in [0.2, 0.25) is 0 Å². The van der Waals surface area contributed by atoms with Gasteiger partial charge < -0.3 is 15.5 Å². The number of aliphatic carboxylic acids is 1. The van der Waals surface area contributed by atoms with E-state index in [0.717, 1.165) is 19.4 Å². The lowest BCUT2D eigenvalue weighted by Crippen LogP contribution is -2.34. The normalized spacial score (nSPS) is 13.1. The Morgan fingerprint density at radius 3 is 2.47 bits per heavy atom. The minimum Gasteiger partial charge on any atom is -0.481 e. The fourth-order valence-electron chi connectivity index (χ4n) is 1.50. The van der Waals surface area contributed by atoms with Gasteiger partial charge in [0.1, 0.15) is 0 Å². The molecule has 0 amide bonds. The predicted octanol–water partition coefficient (Wildman–Crippen LogP) is 1.24. The molecule has 1 atom stereocenters.